The average Bonchev–Trinajstić information content (AvgIpc) is 3.29. The van der Waals surface area contributed by atoms with E-state index in [1.807, 2.05) is 41.8 Å². The Labute approximate surface area is 197 Å². The van der Waals surface area contributed by atoms with Crippen molar-refractivity contribution in [2.75, 3.05) is 5.32 Å². The van der Waals surface area contributed by atoms with Gasteiger partial charge in [0.25, 0.3) is 0 Å². The molecule has 1 aromatic heterocycles. The zero-order valence-corrected chi connectivity index (χ0v) is 19.5. The predicted octanol–water partition coefficient (Wildman–Crippen LogP) is 4.93. The molecule has 33 heavy (non-hydrogen) atoms. The molecular formula is C26H27N3O3S. The minimum atomic E-state index is -0.215. The first-order valence-corrected chi connectivity index (χ1v) is 12.1. The number of amides is 2. The third kappa shape index (κ3) is 6.14. The van der Waals surface area contributed by atoms with E-state index in [-0.39, 0.29) is 30.4 Å². The normalized spacial score (nSPS) is 12.6. The second-order valence-electron chi connectivity index (χ2n) is 8.31. The number of hydrogen-bond donors (Lipinski definition) is 2. The van der Waals surface area contributed by atoms with E-state index < -0.39 is 0 Å². The minimum Gasteiger partial charge on any atom is -0.352 e. The van der Waals surface area contributed by atoms with Crippen LogP contribution in [0.25, 0.3) is 11.3 Å². The first kappa shape index (κ1) is 22.9. The fraction of sp³-hybridized carbons (Fsp3) is 0.308. The molecular weight excluding hydrogens is 434 g/mol. The number of carbonyl (C=O) groups excluding carboxylic acids is 3. The van der Waals surface area contributed by atoms with Crippen molar-refractivity contribution >= 4 is 34.1 Å². The van der Waals surface area contributed by atoms with Gasteiger partial charge in [-0.1, -0.05) is 36.4 Å². The fourth-order valence-electron chi connectivity index (χ4n) is 3.94. The lowest BCUT2D eigenvalue weighted by Crippen LogP contribution is -2.18. The van der Waals surface area contributed by atoms with E-state index in [2.05, 4.69) is 21.7 Å². The SMILES string of the molecule is CC(=O)NCc1ccc(-c2csc(NC(=O)CCC(=O)c3ccc4c(c3)CCCC4)n2)cc1. The van der Waals surface area contributed by atoms with Crippen LogP contribution in [0.4, 0.5) is 5.13 Å². The molecule has 1 heterocycles. The smallest absolute Gasteiger partial charge is 0.226 e. The Bertz CT molecular complexity index is 1170. The third-order valence-electron chi connectivity index (χ3n) is 5.79. The second kappa shape index (κ2) is 10.5. The van der Waals surface area contributed by atoms with Gasteiger partial charge in [-0.05, 0) is 48.4 Å². The molecule has 0 atom stereocenters. The largest absolute Gasteiger partial charge is 0.352 e. The topological polar surface area (TPSA) is 88.2 Å². The number of thiazole rings is 1. The summed E-state index contributed by atoms with van der Waals surface area (Å²) < 4.78 is 0. The fourth-order valence-corrected chi connectivity index (χ4v) is 4.68. The van der Waals surface area contributed by atoms with Crippen molar-refractivity contribution in [3.8, 4) is 11.3 Å². The van der Waals surface area contributed by atoms with Crippen molar-refractivity contribution in [3.63, 3.8) is 0 Å². The molecule has 0 unspecified atom stereocenters. The van der Waals surface area contributed by atoms with Crippen LogP contribution in [0.15, 0.2) is 47.8 Å². The molecule has 0 bridgehead atoms. The lowest BCUT2D eigenvalue weighted by molar-refractivity contribution is -0.119. The van der Waals surface area contributed by atoms with Gasteiger partial charge in [-0.15, -0.1) is 11.3 Å². The van der Waals surface area contributed by atoms with Crippen LogP contribution in [-0.4, -0.2) is 22.6 Å². The van der Waals surface area contributed by atoms with Gasteiger partial charge in [0.15, 0.2) is 10.9 Å². The molecule has 0 fully saturated rings. The summed E-state index contributed by atoms with van der Waals surface area (Å²) in [5.41, 5.74) is 6.02. The number of nitrogens with one attached hydrogen (secondary N) is 2. The van der Waals surface area contributed by atoms with Crippen molar-refractivity contribution in [2.24, 2.45) is 0 Å². The van der Waals surface area contributed by atoms with E-state index >= 15 is 0 Å². The summed E-state index contributed by atoms with van der Waals surface area (Å²) in [6.45, 7) is 1.97. The zero-order valence-electron chi connectivity index (χ0n) is 18.6. The number of aromatic nitrogens is 1. The van der Waals surface area contributed by atoms with Crippen molar-refractivity contribution in [1.82, 2.24) is 10.3 Å². The summed E-state index contributed by atoms with van der Waals surface area (Å²) in [6.07, 6.45) is 4.80. The molecule has 2 aromatic carbocycles. The van der Waals surface area contributed by atoms with Crippen molar-refractivity contribution in [2.45, 2.75) is 52.0 Å². The highest BCUT2D eigenvalue weighted by molar-refractivity contribution is 7.14. The maximum absolute atomic E-state index is 12.6. The van der Waals surface area contributed by atoms with Gasteiger partial charge in [0, 0.05) is 42.8 Å². The molecule has 1 aliphatic carbocycles. The molecule has 2 N–H and O–H groups in total. The van der Waals surface area contributed by atoms with E-state index in [0.29, 0.717) is 17.2 Å². The van der Waals surface area contributed by atoms with Gasteiger partial charge in [0.2, 0.25) is 11.8 Å². The number of ketones is 1. The van der Waals surface area contributed by atoms with Gasteiger partial charge in [-0.3, -0.25) is 14.4 Å². The van der Waals surface area contributed by atoms with Gasteiger partial charge in [-0.2, -0.15) is 0 Å². The number of carbonyl (C=O) groups is 3. The van der Waals surface area contributed by atoms with Crippen LogP contribution >= 0.6 is 11.3 Å². The van der Waals surface area contributed by atoms with Gasteiger partial charge in [0.05, 0.1) is 5.69 Å². The van der Waals surface area contributed by atoms with Gasteiger partial charge in [-0.25, -0.2) is 4.98 Å². The van der Waals surface area contributed by atoms with E-state index in [4.69, 9.17) is 0 Å². The molecule has 1 aliphatic rings. The van der Waals surface area contributed by atoms with Gasteiger partial charge in [0.1, 0.15) is 0 Å². The summed E-state index contributed by atoms with van der Waals surface area (Å²) in [5, 5.41) is 7.97. The summed E-state index contributed by atoms with van der Waals surface area (Å²) in [7, 11) is 0. The molecule has 0 saturated carbocycles. The molecule has 0 saturated heterocycles. The number of hydrogen-bond acceptors (Lipinski definition) is 5. The van der Waals surface area contributed by atoms with Crippen molar-refractivity contribution in [1.29, 1.82) is 0 Å². The van der Waals surface area contributed by atoms with E-state index in [0.717, 1.165) is 29.7 Å². The van der Waals surface area contributed by atoms with E-state index in [9.17, 15) is 14.4 Å². The van der Waals surface area contributed by atoms with Crippen LogP contribution in [0, 0.1) is 0 Å². The average molecular weight is 462 g/mol. The standard InChI is InChI=1S/C26H27N3O3S/c1-17(30)27-15-18-6-8-20(9-7-18)23-16-33-26(28-23)29-25(32)13-12-24(31)22-11-10-19-4-2-3-5-21(19)14-22/h6-11,14,16H,2-5,12-13,15H2,1H3,(H,27,30)(H,28,29,32). The first-order valence-electron chi connectivity index (χ1n) is 11.2. The van der Waals surface area contributed by atoms with Gasteiger partial charge >= 0.3 is 0 Å². The van der Waals surface area contributed by atoms with Crippen LogP contribution in [0.1, 0.15) is 59.7 Å². The number of anilines is 1. The van der Waals surface area contributed by atoms with Gasteiger partial charge < -0.3 is 10.6 Å². The van der Waals surface area contributed by atoms with Crippen molar-refractivity contribution in [3.05, 3.63) is 70.1 Å². The Morgan fingerprint density at radius 1 is 0.970 bits per heavy atom. The first-order chi connectivity index (χ1) is 16.0. The Hall–Kier alpha value is -3.32. The number of aryl methyl sites for hydroxylation is 2. The highest BCUT2D eigenvalue weighted by Crippen LogP contribution is 2.26. The monoisotopic (exact) mass is 461 g/mol. The molecule has 0 aliphatic heterocycles. The summed E-state index contributed by atoms with van der Waals surface area (Å²) in [5.74, 6) is -0.283. The van der Waals surface area contributed by atoms with E-state index in [1.54, 1.807) is 0 Å². The number of rotatable bonds is 8. The van der Waals surface area contributed by atoms with Crippen molar-refractivity contribution < 1.29 is 14.4 Å². The zero-order chi connectivity index (χ0) is 23.2. The number of nitrogens with zero attached hydrogens (tertiary/aromatic N) is 1. The number of benzene rings is 2. The molecule has 170 valence electrons. The lowest BCUT2D eigenvalue weighted by Gasteiger charge is -2.16. The third-order valence-corrected chi connectivity index (χ3v) is 6.55. The molecule has 0 spiro atoms. The second-order valence-corrected chi connectivity index (χ2v) is 9.16. The molecule has 3 aromatic rings. The summed E-state index contributed by atoms with van der Waals surface area (Å²) in [6, 6.07) is 13.7. The van der Waals surface area contributed by atoms with Crippen LogP contribution in [0.2, 0.25) is 0 Å². The van der Waals surface area contributed by atoms with Crippen LogP contribution in [0.5, 0.6) is 0 Å². The molecule has 0 radical (unpaired) electrons. The van der Waals surface area contributed by atoms with E-state index in [1.165, 1.54) is 42.2 Å². The highest BCUT2D eigenvalue weighted by Gasteiger charge is 2.15. The Morgan fingerprint density at radius 3 is 2.48 bits per heavy atom. The highest BCUT2D eigenvalue weighted by atomic mass is 32.1. The number of fused-ring (bicyclic) bond motifs is 1. The summed E-state index contributed by atoms with van der Waals surface area (Å²) in [4.78, 5) is 40.5. The van der Waals surface area contributed by atoms with Crippen LogP contribution in [-0.2, 0) is 29.0 Å². The Morgan fingerprint density at radius 2 is 1.73 bits per heavy atom. The summed E-state index contributed by atoms with van der Waals surface area (Å²) >= 11 is 1.35. The Balaban J connectivity index is 1.29. The minimum absolute atomic E-state index is 0.00213. The quantitative estimate of drug-likeness (QED) is 0.466. The molecule has 6 nitrogen and oxygen atoms in total. The molecule has 4 rings (SSSR count). The maximum atomic E-state index is 12.6. The molecule has 2 amide bonds. The lowest BCUT2D eigenvalue weighted by atomic mass is 9.89. The Kier molecular flexibility index (Phi) is 7.29. The predicted molar refractivity (Wildman–Crippen MR) is 130 cm³/mol. The number of Topliss-reactive ketones (excluding diaryl/α,β-unsaturated/α-hetero) is 1. The van der Waals surface area contributed by atoms with Crippen LogP contribution < -0.4 is 10.6 Å². The van der Waals surface area contributed by atoms with Crippen LogP contribution in [0.3, 0.4) is 0 Å². The molecule has 7 heteroatoms. The maximum Gasteiger partial charge on any atom is 0.226 e.